The highest BCUT2D eigenvalue weighted by molar-refractivity contribution is 5.41. The van der Waals surface area contributed by atoms with Gasteiger partial charge in [0.2, 0.25) is 0 Å². The summed E-state index contributed by atoms with van der Waals surface area (Å²) in [4.78, 5) is 0. The number of nitrogen functional groups attached to an aromatic ring is 1. The second-order valence-electron chi connectivity index (χ2n) is 3.24. The Kier molecular flexibility index (Phi) is 1.90. The molecule has 0 radical (unpaired) electrons. The monoisotopic (exact) mass is 163 g/mol. The number of hydrogen-bond acceptors (Lipinski definition) is 2. The largest absolute Gasteiger partial charge is 0.490 e. The third-order valence-electron chi connectivity index (χ3n) is 2.24. The molecule has 0 heterocycles. The van der Waals surface area contributed by atoms with Crippen LogP contribution >= 0.6 is 0 Å². The number of anilines is 1. The quantitative estimate of drug-likeness (QED) is 0.678. The minimum atomic E-state index is 0.452. The molecule has 1 aromatic rings. The summed E-state index contributed by atoms with van der Waals surface area (Å²) in [5.74, 6) is 0.939. The molecule has 2 heteroatoms. The van der Waals surface area contributed by atoms with Gasteiger partial charge in [-0.3, -0.25) is 0 Å². The number of benzene rings is 1. The maximum absolute atomic E-state index is 5.65. The molecule has 0 atom stereocenters. The van der Waals surface area contributed by atoms with Crippen molar-refractivity contribution in [1.82, 2.24) is 0 Å². The van der Waals surface area contributed by atoms with Gasteiger partial charge in [0.25, 0.3) is 0 Å². The van der Waals surface area contributed by atoms with Gasteiger partial charge in [0, 0.05) is 5.69 Å². The molecule has 0 unspecified atom stereocenters. The summed E-state index contributed by atoms with van der Waals surface area (Å²) >= 11 is 0. The van der Waals surface area contributed by atoms with Crippen molar-refractivity contribution in [3.8, 4) is 5.75 Å². The third-order valence-corrected chi connectivity index (χ3v) is 2.24. The van der Waals surface area contributed by atoms with Crippen LogP contribution in [0, 0.1) is 0 Å². The maximum Gasteiger partial charge on any atom is 0.119 e. The summed E-state index contributed by atoms with van der Waals surface area (Å²) < 4.78 is 5.65. The molecule has 2 nitrogen and oxygen atoms in total. The molecule has 2 N–H and O–H groups in total. The van der Waals surface area contributed by atoms with E-state index in [9.17, 15) is 0 Å². The predicted molar refractivity (Wildman–Crippen MR) is 49.1 cm³/mol. The Morgan fingerprint density at radius 3 is 2.33 bits per heavy atom. The molecule has 1 aromatic carbocycles. The van der Waals surface area contributed by atoms with Crippen molar-refractivity contribution < 1.29 is 4.74 Å². The van der Waals surface area contributed by atoms with Crippen LogP contribution in [0.5, 0.6) is 5.75 Å². The van der Waals surface area contributed by atoms with Gasteiger partial charge in [0.15, 0.2) is 0 Å². The lowest BCUT2D eigenvalue weighted by Gasteiger charge is -2.26. The summed E-state index contributed by atoms with van der Waals surface area (Å²) in [6, 6.07) is 7.59. The van der Waals surface area contributed by atoms with E-state index in [-0.39, 0.29) is 0 Å². The highest BCUT2D eigenvalue weighted by Crippen LogP contribution is 2.25. The Balaban J connectivity index is 1.98. The van der Waals surface area contributed by atoms with Crippen LogP contribution in [-0.4, -0.2) is 6.10 Å². The Hall–Kier alpha value is -1.18. The van der Waals surface area contributed by atoms with Gasteiger partial charge in [-0.2, -0.15) is 0 Å². The van der Waals surface area contributed by atoms with E-state index >= 15 is 0 Å². The van der Waals surface area contributed by atoms with E-state index in [1.165, 1.54) is 19.3 Å². The molecular formula is C10H13NO. The van der Waals surface area contributed by atoms with Crippen LogP contribution in [0.4, 0.5) is 5.69 Å². The molecule has 64 valence electrons. The van der Waals surface area contributed by atoms with Crippen LogP contribution in [0.2, 0.25) is 0 Å². The van der Waals surface area contributed by atoms with Crippen LogP contribution in [0.15, 0.2) is 24.3 Å². The van der Waals surface area contributed by atoms with E-state index in [4.69, 9.17) is 10.5 Å². The molecule has 1 aliphatic carbocycles. The molecule has 1 aliphatic rings. The molecule has 2 rings (SSSR count). The van der Waals surface area contributed by atoms with E-state index in [0.29, 0.717) is 6.10 Å². The van der Waals surface area contributed by atoms with Crippen LogP contribution in [0.25, 0.3) is 0 Å². The second-order valence-corrected chi connectivity index (χ2v) is 3.24. The molecular weight excluding hydrogens is 150 g/mol. The van der Waals surface area contributed by atoms with Crippen molar-refractivity contribution in [2.75, 3.05) is 5.73 Å². The summed E-state index contributed by atoms with van der Waals surface area (Å²) in [7, 11) is 0. The molecule has 0 saturated heterocycles. The standard InChI is InChI=1S/C10H13NO/c11-8-4-6-10(7-5-8)12-9-2-1-3-9/h4-7,9H,1-3,11H2. The number of rotatable bonds is 2. The van der Waals surface area contributed by atoms with Gasteiger partial charge in [-0.15, -0.1) is 0 Å². The van der Waals surface area contributed by atoms with Crippen LogP contribution in [-0.2, 0) is 0 Å². The van der Waals surface area contributed by atoms with Gasteiger partial charge >= 0.3 is 0 Å². The molecule has 0 aromatic heterocycles. The second kappa shape index (κ2) is 3.05. The van der Waals surface area contributed by atoms with Crippen molar-refractivity contribution in [2.24, 2.45) is 0 Å². The summed E-state index contributed by atoms with van der Waals surface area (Å²) in [5, 5.41) is 0. The summed E-state index contributed by atoms with van der Waals surface area (Å²) in [6.07, 6.45) is 4.16. The lowest BCUT2D eigenvalue weighted by atomic mass is 9.96. The zero-order chi connectivity index (χ0) is 8.39. The highest BCUT2D eigenvalue weighted by Gasteiger charge is 2.18. The van der Waals surface area contributed by atoms with Gasteiger partial charge in [-0.05, 0) is 43.5 Å². The summed E-state index contributed by atoms with van der Waals surface area (Å²) in [5.41, 5.74) is 6.34. The van der Waals surface area contributed by atoms with Crippen LogP contribution in [0.1, 0.15) is 19.3 Å². The number of nitrogens with two attached hydrogens (primary N) is 1. The Labute approximate surface area is 72.3 Å². The minimum Gasteiger partial charge on any atom is -0.490 e. The smallest absolute Gasteiger partial charge is 0.119 e. The third kappa shape index (κ3) is 1.52. The number of hydrogen-bond donors (Lipinski definition) is 1. The van der Waals surface area contributed by atoms with E-state index in [2.05, 4.69) is 0 Å². The average molecular weight is 163 g/mol. The Bertz CT molecular complexity index is 251. The van der Waals surface area contributed by atoms with E-state index < -0.39 is 0 Å². The normalized spacial score (nSPS) is 17.0. The van der Waals surface area contributed by atoms with Crippen molar-refractivity contribution in [1.29, 1.82) is 0 Å². The molecule has 0 bridgehead atoms. The molecule has 1 fully saturated rings. The Morgan fingerprint density at radius 2 is 1.83 bits per heavy atom. The fraction of sp³-hybridized carbons (Fsp3) is 0.400. The van der Waals surface area contributed by atoms with Gasteiger partial charge < -0.3 is 10.5 Å². The van der Waals surface area contributed by atoms with Gasteiger partial charge in [-0.25, -0.2) is 0 Å². The molecule has 0 amide bonds. The lowest BCUT2D eigenvalue weighted by molar-refractivity contribution is 0.120. The summed E-state index contributed by atoms with van der Waals surface area (Å²) in [6.45, 7) is 0. The Morgan fingerprint density at radius 1 is 1.17 bits per heavy atom. The fourth-order valence-corrected chi connectivity index (χ4v) is 1.23. The molecule has 1 saturated carbocycles. The van der Waals surface area contributed by atoms with Gasteiger partial charge in [0.1, 0.15) is 5.75 Å². The van der Waals surface area contributed by atoms with E-state index in [1.54, 1.807) is 0 Å². The van der Waals surface area contributed by atoms with E-state index in [0.717, 1.165) is 11.4 Å². The zero-order valence-electron chi connectivity index (χ0n) is 6.99. The van der Waals surface area contributed by atoms with Crippen LogP contribution in [0.3, 0.4) is 0 Å². The first-order valence-electron chi connectivity index (χ1n) is 4.37. The maximum atomic E-state index is 5.65. The first kappa shape index (κ1) is 7.47. The SMILES string of the molecule is Nc1ccc(OC2CCC2)cc1. The first-order valence-corrected chi connectivity index (χ1v) is 4.37. The van der Waals surface area contributed by atoms with E-state index in [1.807, 2.05) is 24.3 Å². The van der Waals surface area contributed by atoms with Gasteiger partial charge in [0.05, 0.1) is 6.10 Å². The lowest BCUT2D eigenvalue weighted by Crippen LogP contribution is -2.24. The highest BCUT2D eigenvalue weighted by atomic mass is 16.5. The van der Waals surface area contributed by atoms with Gasteiger partial charge in [-0.1, -0.05) is 0 Å². The van der Waals surface area contributed by atoms with Crippen LogP contribution < -0.4 is 10.5 Å². The predicted octanol–water partition coefficient (Wildman–Crippen LogP) is 2.20. The molecule has 0 spiro atoms. The van der Waals surface area contributed by atoms with Crippen molar-refractivity contribution in [2.45, 2.75) is 25.4 Å². The first-order chi connectivity index (χ1) is 5.84. The minimum absolute atomic E-state index is 0.452. The topological polar surface area (TPSA) is 35.2 Å². The number of ether oxygens (including phenoxy) is 1. The van der Waals surface area contributed by atoms with Crippen molar-refractivity contribution >= 4 is 5.69 Å². The fourth-order valence-electron chi connectivity index (χ4n) is 1.23. The molecule has 12 heavy (non-hydrogen) atoms. The zero-order valence-corrected chi connectivity index (χ0v) is 6.99. The molecule has 0 aliphatic heterocycles. The van der Waals surface area contributed by atoms with Crippen molar-refractivity contribution in [3.63, 3.8) is 0 Å². The average Bonchev–Trinajstić information content (AvgIpc) is 2.00. The van der Waals surface area contributed by atoms with Crippen molar-refractivity contribution in [3.05, 3.63) is 24.3 Å².